The summed E-state index contributed by atoms with van der Waals surface area (Å²) in [4.78, 5) is 15.3. The van der Waals surface area contributed by atoms with Crippen molar-refractivity contribution in [2.24, 2.45) is 5.16 Å². The number of amides is 1. The van der Waals surface area contributed by atoms with Gasteiger partial charge in [0.15, 0.2) is 0 Å². The summed E-state index contributed by atoms with van der Waals surface area (Å²) in [5.74, 6) is -0.490. The van der Waals surface area contributed by atoms with Gasteiger partial charge in [-0.3, -0.25) is 4.79 Å². The van der Waals surface area contributed by atoms with Crippen molar-refractivity contribution < 1.29 is 14.4 Å². The molecule has 1 N–H and O–H groups in total. The Morgan fingerprint density at radius 3 is 2.81 bits per heavy atom. The average molecular weight is 371 g/mol. The lowest BCUT2D eigenvalue weighted by Gasteiger charge is -2.21. The highest BCUT2D eigenvalue weighted by Gasteiger charge is 2.26. The van der Waals surface area contributed by atoms with Crippen LogP contribution < -0.4 is 0 Å². The highest BCUT2D eigenvalue weighted by Crippen LogP contribution is 2.31. The lowest BCUT2D eigenvalue weighted by atomic mass is 9.94. The number of carbonyl (C=O) groups is 1. The number of oxime groups is 1. The highest BCUT2D eigenvalue weighted by molar-refractivity contribution is 7.12. The molecule has 0 spiro atoms. The van der Waals surface area contributed by atoms with E-state index in [1.165, 1.54) is 28.4 Å². The number of rotatable bonds is 5. The molecule has 0 saturated carbocycles. The number of hydrogen-bond acceptors (Lipinski definition) is 5. The van der Waals surface area contributed by atoms with Gasteiger partial charge >= 0.3 is 0 Å². The van der Waals surface area contributed by atoms with Gasteiger partial charge in [0.25, 0.3) is 5.91 Å². The van der Waals surface area contributed by atoms with Gasteiger partial charge in [0.2, 0.25) is 0 Å². The summed E-state index contributed by atoms with van der Waals surface area (Å²) in [6.45, 7) is 0.370. The van der Waals surface area contributed by atoms with E-state index in [2.05, 4.69) is 5.16 Å². The molecule has 0 atom stereocenters. The normalized spacial score (nSPS) is 14.7. The minimum atomic E-state index is -0.301. The Labute approximate surface area is 155 Å². The lowest BCUT2D eigenvalue weighted by molar-refractivity contribution is 0.0777. The largest absolute Gasteiger partial charge is 0.411 e. The predicted octanol–water partition coefficient (Wildman–Crippen LogP) is 3.61. The summed E-state index contributed by atoms with van der Waals surface area (Å²) in [5.41, 5.74) is 3.02. The molecule has 1 aromatic heterocycles. The molecule has 26 heavy (non-hydrogen) atoms. The Bertz CT molecular complexity index is 868. The van der Waals surface area contributed by atoms with Crippen LogP contribution in [0.15, 0.2) is 34.8 Å². The highest BCUT2D eigenvalue weighted by atomic mass is 32.1. The number of thiophene rings is 1. The molecule has 0 bridgehead atoms. The Hall–Kier alpha value is -2.72. The summed E-state index contributed by atoms with van der Waals surface area (Å²) < 4.78 is 13.0. The lowest BCUT2D eigenvalue weighted by Crippen LogP contribution is -2.34. The third-order valence-corrected chi connectivity index (χ3v) is 5.55. The Kier molecular flexibility index (Phi) is 5.64. The fourth-order valence-corrected chi connectivity index (χ4v) is 4.23. The summed E-state index contributed by atoms with van der Waals surface area (Å²) in [7, 11) is 0. The van der Waals surface area contributed by atoms with Gasteiger partial charge in [0.05, 0.1) is 22.2 Å². The molecule has 2 aromatic rings. The zero-order valence-electron chi connectivity index (χ0n) is 14.1. The molecule has 1 aliphatic carbocycles. The Morgan fingerprint density at radius 1 is 1.35 bits per heavy atom. The fourth-order valence-electron chi connectivity index (χ4n) is 3.12. The van der Waals surface area contributed by atoms with Crippen molar-refractivity contribution in [3.05, 3.63) is 57.0 Å². The number of fused-ring (bicyclic) bond motifs is 1. The number of carbonyl (C=O) groups excluding carboxylic acids is 1. The minimum absolute atomic E-state index is 0.00834. The minimum Gasteiger partial charge on any atom is -0.411 e. The van der Waals surface area contributed by atoms with E-state index in [-0.39, 0.29) is 18.3 Å². The van der Waals surface area contributed by atoms with Gasteiger partial charge in [-0.25, -0.2) is 4.39 Å². The first-order valence-electron chi connectivity index (χ1n) is 8.36. The molecule has 1 aromatic carbocycles. The Morgan fingerprint density at radius 2 is 2.12 bits per heavy atom. The third kappa shape index (κ3) is 3.75. The smallest absolute Gasteiger partial charge is 0.255 e. The molecule has 5 nitrogen and oxygen atoms in total. The van der Waals surface area contributed by atoms with Crippen LogP contribution in [0.5, 0.6) is 0 Å². The first-order chi connectivity index (χ1) is 12.6. The van der Waals surface area contributed by atoms with Crippen LogP contribution in [0.1, 0.15) is 39.2 Å². The van der Waals surface area contributed by atoms with Crippen molar-refractivity contribution in [2.45, 2.75) is 25.7 Å². The second kappa shape index (κ2) is 8.11. The second-order valence-corrected chi connectivity index (χ2v) is 7.00. The van der Waals surface area contributed by atoms with Crippen LogP contribution in [0.3, 0.4) is 0 Å². The van der Waals surface area contributed by atoms with Gasteiger partial charge in [0, 0.05) is 11.9 Å². The maximum atomic E-state index is 13.0. The molecule has 0 saturated heterocycles. The van der Waals surface area contributed by atoms with Crippen LogP contribution in [0.4, 0.5) is 4.39 Å². The first kappa shape index (κ1) is 18.1. The summed E-state index contributed by atoms with van der Waals surface area (Å²) in [5, 5.41) is 23.4. The van der Waals surface area contributed by atoms with Gasteiger partial charge in [0.1, 0.15) is 12.4 Å². The standard InChI is InChI=1S/C19H18FN3O2S/c20-14-6-4-13(5-7-14)8-10-23(11-9-21)19(24)16-12-26-18-15(16)2-1-3-17(18)22-25/h4-7,12,25H,1-3,8,10-11H2. The fraction of sp³-hybridized carbons (Fsp3) is 0.316. The second-order valence-electron chi connectivity index (χ2n) is 6.12. The molecule has 1 amide bonds. The van der Waals surface area contributed by atoms with Crippen LogP contribution in [-0.4, -0.2) is 34.8 Å². The monoisotopic (exact) mass is 371 g/mol. The van der Waals surface area contributed by atoms with Gasteiger partial charge in [-0.05, 0) is 48.9 Å². The summed E-state index contributed by atoms with van der Waals surface area (Å²) >= 11 is 1.40. The first-order valence-corrected chi connectivity index (χ1v) is 9.24. The van der Waals surface area contributed by atoms with Crippen molar-refractivity contribution in [3.8, 4) is 6.07 Å². The number of nitrogens with zero attached hydrogens (tertiary/aromatic N) is 3. The van der Waals surface area contributed by atoms with E-state index in [9.17, 15) is 9.18 Å². The van der Waals surface area contributed by atoms with Crippen molar-refractivity contribution in [2.75, 3.05) is 13.1 Å². The van der Waals surface area contributed by atoms with Gasteiger partial charge in [-0.2, -0.15) is 5.26 Å². The third-order valence-electron chi connectivity index (χ3n) is 4.48. The molecule has 0 unspecified atom stereocenters. The summed E-state index contributed by atoms with van der Waals surface area (Å²) in [6.07, 6.45) is 2.84. The number of benzene rings is 1. The number of hydrogen-bond donors (Lipinski definition) is 1. The average Bonchev–Trinajstić information content (AvgIpc) is 3.10. The SMILES string of the molecule is N#CCN(CCc1ccc(F)cc1)C(=O)c1csc2c1CCCC2=NO. The van der Waals surface area contributed by atoms with Crippen LogP contribution in [0.2, 0.25) is 0 Å². The quantitative estimate of drug-likeness (QED) is 0.495. The van der Waals surface area contributed by atoms with Crippen LogP contribution in [-0.2, 0) is 12.8 Å². The maximum absolute atomic E-state index is 13.0. The van der Waals surface area contributed by atoms with Gasteiger partial charge < -0.3 is 10.1 Å². The van der Waals surface area contributed by atoms with Crippen LogP contribution in [0, 0.1) is 17.1 Å². The van der Waals surface area contributed by atoms with E-state index in [1.54, 1.807) is 17.5 Å². The molecule has 3 rings (SSSR count). The zero-order valence-corrected chi connectivity index (χ0v) is 14.9. The maximum Gasteiger partial charge on any atom is 0.255 e. The molecular weight excluding hydrogens is 353 g/mol. The summed E-state index contributed by atoms with van der Waals surface area (Å²) in [6, 6.07) is 8.17. The predicted molar refractivity (Wildman–Crippen MR) is 97.2 cm³/mol. The molecule has 134 valence electrons. The van der Waals surface area contributed by atoms with E-state index in [0.29, 0.717) is 30.7 Å². The topological polar surface area (TPSA) is 76.7 Å². The van der Waals surface area contributed by atoms with Crippen LogP contribution in [0.25, 0.3) is 0 Å². The van der Waals surface area contributed by atoms with E-state index < -0.39 is 0 Å². The molecule has 0 radical (unpaired) electrons. The van der Waals surface area contributed by atoms with Gasteiger partial charge in [-0.1, -0.05) is 17.3 Å². The van der Waals surface area contributed by atoms with Crippen LogP contribution >= 0.6 is 11.3 Å². The molecule has 1 aliphatic rings. The molecule has 0 aliphatic heterocycles. The number of halogens is 1. The van der Waals surface area contributed by atoms with Crippen molar-refractivity contribution in [3.63, 3.8) is 0 Å². The molecule has 0 fully saturated rings. The van der Waals surface area contributed by atoms with Gasteiger partial charge in [-0.15, -0.1) is 11.3 Å². The Balaban J connectivity index is 1.78. The molecule has 7 heteroatoms. The van der Waals surface area contributed by atoms with E-state index in [0.717, 1.165) is 28.8 Å². The zero-order chi connectivity index (χ0) is 18.5. The van der Waals surface area contributed by atoms with Crippen molar-refractivity contribution in [1.82, 2.24) is 4.90 Å². The molecular formula is C19H18FN3O2S. The number of nitriles is 1. The van der Waals surface area contributed by atoms with Crippen molar-refractivity contribution in [1.29, 1.82) is 5.26 Å². The van der Waals surface area contributed by atoms with E-state index in [1.807, 2.05) is 6.07 Å². The van der Waals surface area contributed by atoms with Crippen molar-refractivity contribution >= 4 is 23.0 Å². The van der Waals surface area contributed by atoms with E-state index >= 15 is 0 Å². The molecule has 1 heterocycles. The van der Waals surface area contributed by atoms with E-state index in [4.69, 9.17) is 10.5 Å².